The van der Waals surface area contributed by atoms with Gasteiger partial charge in [0.25, 0.3) is 11.7 Å². The number of methoxy groups -OCH3 is 1. The van der Waals surface area contributed by atoms with Crippen LogP contribution in [0.2, 0.25) is 0 Å². The summed E-state index contributed by atoms with van der Waals surface area (Å²) in [5.41, 5.74) is 0.462. The largest absolute Gasteiger partial charge is 0.497 e. The van der Waals surface area contributed by atoms with Gasteiger partial charge in [-0.1, -0.05) is 0 Å². The van der Waals surface area contributed by atoms with E-state index in [4.69, 9.17) is 9.47 Å². The van der Waals surface area contributed by atoms with E-state index in [1.54, 1.807) is 38.3 Å². The lowest BCUT2D eigenvalue weighted by Crippen LogP contribution is -2.43. The van der Waals surface area contributed by atoms with Gasteiger partial charge >= 0.3 is 5.97 Å². The molecule has 1 aromatic rings. The van der Waals surface area contributed by atoms with E-state index in [1.165, 1.54) is 4.90 Å². The molecule has 1 aromatic carbocycles. The van der Waals surface area contributed by atoms with Crippen molar-refractivity contribution in [3.8, 4) is 5.75 Å². The van der Waals surface area contributed by atoms with Crippen molar-refractivity contribution >= 4 is 17.7 Å². The Morgan fingerprint density at radius 2 is 1.91 bits per heavy atom. The van der Waals surface area contributed by atoms with Gasteiger partial charge in [0.2, 0.25) is 0 Å². The van der Waals surface area contributed by atoms with E-state index in [0.29, 0.717) is 30.7 Å². The molecule has 1 aliphatic rings. The standard InChI is InChI=1S/C16H19NO5/c1-3-22-16(20)14(18)13-5-4-10-17(13)15(19)11-6-8-12(21-2)9-7-11/h6-9,13H,3-5,10H2,1-2H3. The second kappa shape index (κ2) is 7.06. The van der Waals surface area contributed by atoms with Crippen molar-refractivity contribution in [3.05, 3.63) is 29.8 Å². The maximum Gasteiger partial charge on any atom is 0.376 e. The smallest absolute Gasteiger partial charge is 0.376 e. The number of hydrogen-bond donors (Lipinski definition) is 0. The number of benzene rings is 1. The number of ether oxygens (including phenoxy) is 2. The maximum absolute atomic E-state index is 12.5. The van der Waals surface area contributed by atoms with Gasteiger partial charge in [0, 0.05) is 12.1 Å². The normalized spacial score (nSPS) is 17.2. The summed E-state index contributed by atoms with van der Waals surface area (Å²) in [5.74, 6) is -1.14. The quantitative estimate of drug-likeness (QED) is 0.608. The van der Waals surface area contributed by atoms with Crippen molar-refractivity contribution in [2.45, 2.75) is 25.8 Å². The first-order valence-corrected chi connectivity index (χ1v) is 7.24. The molecule has 118 valence electrons. The Balaban J connectivity index is 2.13. The minimum absolute atomic E-state index is 0.143. The average Bonchev–Trinajstić information content (AvgIpc) is 3.03. The fraction of sp³-hybridized carbons (Fsp3) is 0.438. The highest BCUT2D eigenvalue weighted by molar-refractivity contribution is 6.36. The van der Waals surface area contributed by atoms with Crippen LogP contribution in [0.25, 0.3) is 0 Å². The summed E-state index contributed by atoms with van der Waals surface area (Å²) in [6.07, 6.45) is 1.18. The van der Waals surface area contributed by atoms with E-state index in [0.717, 1.165) is 0 Å². The van der Waals surface area contributed by atoms with E-state index in [-0.39, 0.29) is 12.5 Å². The number of hydrogen-bond acceptors (Lipinski definition) is 5. The molecule has 1 atom stereocenters. The molecule has 22 heavy (non-hydrogen) atoms. The van der Waals surface area contributed by atoms with Crippen LogP contribution in [0.4, 0.5) is 0 Å². The molecule has 0 saturated carbocycles. The first-order valence-electron chi connectivity index (χ1n) is 7.24. The Hall–Kier alpha value is -2.37. The van der Waals surface area contributed by atoms with Crippen LogP contribution in [-0.2, 0) is 14.3 Å². The Labute approximate surface area is 129 Å². The number of rotatable bonds is 5. The fourth-order valence-electron chi connectivity index (χ4n) is 2.52. The Bertz CT molecular complexity index is 566. The van der Waals surface area contributed by atoms with Gasteiger partial charge in [-0.05, 0) is 44.0 Å². The second-order valence-corrected chi connectivity index (χ2v) is 4.97. The van der Waals surface area contributed by atoms with Crippen LogP contribution in [0.15, 0.2) is 24.3 Å². The topological polar surface area (TPSA) is 72.9 Å². The van der Waals surface area contributed by atoms with Crippen molar-refractivity contribution in [1.29, 1.82) is 0 Å². The lowest BCUT2D eigenvalue weighted by atomic mass is 10.1. The third kappa shape index (κ3) is 3.27. The molecule has 0 aromatic heterocycles. The summed E-state index contributed by atoms with van der Waals surface area (Å²) < 4.78 is 9.79. The van der Waals surface area contributed by atoms with Gasteiger partial charge in [-0.3, -0.25) is 9.59 Å². The zero-order valence-corrected chi connectivity index (χ0v) is 12.7. The van der Waals surface area contributed by atoms with Crippen molar-refractivity contribution in [3.63, 3.8) is 0 Å². The maximum atomic E-state index is 12.5. The van der Waals surface area contributed by atoms with Crippen LogP contribution in [0.1, 0.15) is 30.1 Å². The first-order chi connectivity index (χ1) is 10.6. The lowest BCUT2D eigenvalue weighted by molar-refractivity contribution is -0.155. The zero-order chi connectivity index (χ0) is 16.1. The van der Waals surface area contributed by atoms with Crippen LogP contribution in [0, 0.1) is 0 Å². The Morgan fingerprint density at radius 3 is 2.50 bits per heavy atom. The molecule has 0 N–H and O–H groups in total. The third-order valence-electron chi connectivity index (χ3n) is 3.63. The number of carbonyl (C=O) groups is 3. The summed E-state index contributed by atoms with van der Waals surface area (Å²) in [6.45, 7) is 2.24. The minimum atomic E-state index is -0.873. The van der Waals surface area contributed by atoms with Crippen molar-refractivity contribution in [2.24, 2.45) is 0 Å². The molecule has 0 aliphatic carbocycles. The van der Waals surface area contributed by atoms with E-state index >= 15 is 0 Å². The van der Waals surface area contributed by atoms with Crippen molar-refractivity contribution < 1.29 is 23.9 Å². The molecule has 0 spiro atoms. The molecule has 1 heterocycles. The molecular weight excluding hydrogens is 286 g/mol. The van der Waals surface area contributed by atoms with E-state index in [2.05, 4.69) is 0 Å². The molecule has 1 saturated heterocycles. The highest BCUT2D eigenvalue weighted by atomic mass is 16.5. The number of likely N-dealkylation sites (tertiary alicyclic amines) is 1. The first kappa shape index (κ1) is 16.0. The molecule has 1 unspecified atom stereocenters. The molecule has 2 rings (SSSR count). The van der Waals surface area contributed by atoms with E-state index in [9.17, 15) is 14.4 Å². The Morgan fingerprint density at radius 1 is 1.23 bits per heavy atom. The summed E-state index contributed by atoms with van der Waals surface area (Å²) in [4.78, 5) is 37.7. The summed E-state index contributed by atoms with van der Waals surface area (Å²) in [5, 5.41) is 0. The van der Waals surface area contributed by atoms with Gasteiger partial charge in [0.15, 0.2) is 0 Å². The van der Waals surface area contributed by atoms with Gasteiger partial charge in [-0.15, -0.1) is 0 Å². The Kier molecular flexibility index (Phi) is 5.14. The van der Waals surface area contributed by atoms with Gasteiger partial charge in [0.1, 0.15) is 11.8 Å². The van der Waals surface area contributed by atoms with Gasteiger partial charge in [-0.2, -0.15) is 0 Å². The molecule has 0 radical (unpaired) electrons. The van der Waals surface area contributed by atoms with Crippen LogP contribution in [0.3, 0.4) is 0 Å². The number of carbonyl (C=O) groups excluding carboxylic acids is 3. The fourth-order valence-corrected chi connectivity index (χ4v) is 2.52. The van der Waals surface area contributed by atoms with Crippen LogP contribution in [-0.4, -0.2) is 48.9 Å². The zero-order valence-electron chi connectivity index (χ0n) is 12.7. The molecule has 0 bridgehead atoms. The number of ketones is 1. The predicted molar refractivity (Wildman–Crippen MR) is 78.7 cm³/mol. The molecule has 6 nitrogen and oxygen atoms in total. The highest BCUT2D eigenvalue weighted by Crippen LogP contribution is 2.22. The molecule has 1 aliphatic heterocycles. The van der Waals surface area contributed by atoms with Gasteiger partial charge in [0.05, 0.1) is 13.7 Å². The second-order valence-electron chi connectivity index (χ2n) is 4.97. The number of amides is 1. The summed E-state index contributed by atoms with van der Waals surface area (Å²) >= 11 is 0. The monoisotopic (exact) mass is 305 g/mol. The molecular formula is C16H19NO5. The SMILES string of the molecule is CCOC(=O)C(=O)C1CCCN1C(=O)c1ccc(OC)cc1. The minimum Gasteiger partial charge on any atom is -0.497 e. The third-order valence-corrected chi connectivity index (χ3v) is 3.63. The van der Waals surface area contributed by atoms with Crippen molar-refractivity contribution in [2.75, 3.05) is 20.3 Å². The van der Waals surface area contributed by atoms with E-state index in [1.807, 2.05) is 0 Å². The highest BCUT2D eigenvalue weighted by Gasteiger charge is 2.38. The summed E-state index contributed by atoms with van der Waals surface area (Å²) in [6, 6.07) is 5.93. The molecule has 6 heteroatoms. The molecule has 1 amide bonds. The molecule has 1 fully saturated rings. The number of nitrogens with zero attached hydrogens (tertiary/aromatic N) is 1. The van der Waals surface area contributed by atoms with Crippen LogP contribution < -0.4 is 4.74 Å². The lowest BCUT2D eigenvalue weighted by Gasteiger charge is -2.23. The number of esters is 1. The van der Waals surface area contributed by atoms with Gasteiger partial charge in [-0.25, -0.2) is 4.79 Å². The van der Waals surface area contributed by atoms with Gasteiger partial charge < -0.3 is 14.4 Å². The average molecular weight is 305 g/mol. The number of Topliss-reactive ketones (excluding diaryl/α,β-unsaturated/α-hetero) is 1. The predicted octanol–water partition coefficient (Wildman–Crippen LogP) is 1.43. The van der Waals surface area contributed by atoms with Crippen LogP contribution in [0.5, 0.6) is 5.75 Å². The van der Waals surface area contributed by atoms with E-state index < -0.39 is 17.8 Å². The van der Waals surface area contributed by atoms with Crippen LogP contribution >= 0.6 is 0 Å². The van der Waals surface area contributed by atoms with Crippen molar-refractivity contribution in [1.82, 2.24) is 4.90 Å². The summed E-state index contributed by atoms with van der Waals surface area (Å²) in [7, 11) is 1.55.